The van der Waals surface area contributed by atoms with Crippen LogP contribution in [0, 0.1) is 0 Å². The Hall–Kier alpha value is -1.87. The summed E-state index contributed by atoms with van der Waals surface area (Å²) in [7, 11) is 0. The molecule has 0 radical (unpaired) electrons. The fraction of sp³-hybridized carbons (Fsp3) is 0.250. The molecule has 3 aromatic rings. The molecule has 2 heterocycles. The Morgan fingerprint density at radius 1 is 1.05 bits per heavy atom. The van der Waals surface area contributed by atoms with Crippen molar-refractivity contribution in [1.29, 1.82) is 0 Å². The van der Waals surface area contributed by atoms with Crippen molar-refractivity contribution in [1.82, 2.24) is 14.6 Å². The Balaban J connectivity index is 2.08. The largest absolute Gasteiger partial charge is 0.236 e. The Bertz CT molecular complexity index is 751. The molecule has 0 N–H and O–H groups in total. The van der Waals surface area contributed by atoms with Crippen LogP contribution in [0.4, 0.5) is 0 Å². The molecule has 3 nitrogen and oxygen atoms in total. The SMILES string of the molecule is CC(C)(C)c1cc2ncc(-c3ccc(Cl)cc3)cn2n1. The third-order valence-electron chi connectivity index (χ3n) is 3.26. The van der Waals surface area contributed by atoms with Gasteiger partial charge in [-0.05, 0) is 17.7 Å². The average Bonchev–Trinajstić information content (AvgIpc) is 2.82. The van der Waals surface area contributed by atoms with Gasteiger partial charge in [0.2, 0.25) is 0 Å². The Labute approximate surface area is 123 Å². The molecular weight excluding hydrogens is 270 g/mol. The lowest BCUT2D eigenvalue weighted by molar-refractivity contribution is 0.562. The number of hydrogen-bond donors (Lipinski definition) is 0. The van der Waals surface area contributed by atoms with Gasteiger partial charge in [-0.15, -0.1) is 0 Å². The maximum absolute atomic E-state index is 5.91. The first-order chi connectivity index (χ1) is 9.43. The summed E-state index contributed by atoms with van der Waals surface area (Å²) in [5.41, 5.74) is 4.04. The van der Waals surface area contributed by atoms with E-state index in [1.807, 2.05) is 47.2 Å². The van der Waals surface area contributed by atoms with Gasteiger partial charge in [-0.25, -0.2) is 9.50 Å². The molecular formula is C16H16ClN3. The minimum atomic E-state index is 0.0220. The smallest absolute Gasteiger partial charge is 0.155 e. The fourth-order valence-electron chi connectivity index (χ4n) is 2.03. The van der Waals surface area contributed by atoms with Gasteiger partial charge in [-0.1, -0.05) is 44.5 Å². The molecule has 20 heavy (non-hydrogen) atoms. The van der Waals surface area contributed by atoms with Crippen molar-refractivity contribution in [2.24, 2.45) is 0 Å². The van der Waals surface area contributed by atoms with Gasteiger partial charge < -0.3 is 0 Å². The minimum Gasteiger partial charge on any atom is -0.236 e. The molecule has 0 aliphatic rings. The second-order valence-corrected chi connectivity index (χ2v) is 6.37. The first-order valence-corrected chi connectivity index (χ1v) is 6.93. The monoisotopic (exact) mass is 285 g/mol. The van der Waals surface area contributed by atoms with E-state index in [2.05, 4.69) is 30.9 Å². The molecule has 102 valence electrons. The zero-order chi connectivity index (χ0) is 14.3. The molecule has 0 aliphatic heterocycles. The number of rotatable bonds is 1. The molecule has 0 unspecified atom stereocenters. The summed E-state index contributed by atoms with van der Waals surface area (Å²) in [4.78, 5) is 4.48. The summed E-state index contributed by atoms with van der Waals surface area (Å²) in [5, 5.41) is 5.35. The summed E-state index contributed by atoms with van der Waals surface area (Å²) < 4.78 is 1.84. The Kier molecular flexibility index (Phi) is 3.02. The van der Waals surface area contributed by atoms with E-state index in [9.17, 15) is 0 Å². The van der Waals surface area contributed by atoms with Crippen LogP contribution in [0.5, 0.6) is 0 Å². The number of aromatic nitrogens is 3. The van der Waals surface area contributed by atoms with Crippen LogP contribution < -0.4 is 0 Å². The van der Waals surface area contributed by atoms with E-state index < -0.39 is 0 Å². The molecule has 0 saturated carbocycles. The van der Waals surface area contributed by atoms with Crippen molar-refractivity contribution < 1.29 is 0 Å². The highest BCUT2D eigenvalue weighted by molar-refractivity contribution is 6.30. The van der Waals surface area contributed by atoms with Crippen molar-refractivity contribution in [3.05, 3.63) is 53.4 Å². The van der Waals surface area contributed by atoms with Gasteiger partial charge in [-0.2, -0.15) is 5.10 Å². The molecule has 0 amide bonds. The standard InChI is InChI=1S/C16H16ClN3/c1-16(2,3)14-8-15-18-9-12(10-20(15)19-14)11-4-6-13(17)7-5-11/h4-10H,1-3H3. The van der Waals surface area contributed by atoms with Crippen molar-refractivity contribution in [3.63, 3.8) is 0 Å². The second-order valence-electron chi connectivity index (χ2n) is 5.93. The summed E-state index contributed by atoms with van der Waals surface area (Å²) in [6.07, 6.45) is 3.87. The highest BCUT2D eigenvalue weighted by Gasteiger charge is 2.18. The Morgan fingerprint density at radius 2 is 1.75 bits per heavy atom. The third-order valence-corrected chi connectivity index (χ3v) is 3.51. The van der Waals surface area contributed by atoms with Crippen LogP contribution in [-0.4, -0.2) is 14.6 Å². The molecule has 0 spiro atoms. The van der Waals surface area contributed by atoms with E-state index in [0.717, 1.165) is 27.5 Å². The maximum atomic E-state index is 5.91. The number of fused-ring (bicyclic) bond motifs is 1. The van der Waals surface area contributed by atoms with E-state index in [1.165, 1.54) is 0 Å². The van der Waals surface area contributed by atoms with Crippen LogP contribution >= 0.6 is 11.6 Å². The number of hydrogen-bond acceptors (Lipinski definition) is 2. The summed E-state index contributed by atoms with van der Waals surface area (Å²) in [6.45, 7) is 6.44. The van der Waals surface area contributed by atoms with Crippen LogP contribution in [0.25, 0.3) is 16.8 Å². The molecule has 2 aromatic heterocycles. The first-order valence-electron chi connectivity index (χ1n) is 6.55. The van der Waals surface area contributed by atoms with Crippen LogP contribution in [0.1, 0.15) is 26.5 Å². The highest BCUT2D eigenvalue weighted by atomic mass is 35.5. The molecule has 0 fully saturated rings. The molecule has 3 rings (SSSR count). The van der Waals surface area contributed by atoms with Gasteiger partial charge in [0.15, 0.2) is 5.65 Å². The second kappa shape index (κ2) is 4.60. The van der Waals surface area contributed by atoms with Crippen molar-refractivity contribution >= 4 is 17.2 Å². The highest BCUT2D eigenvalue weighted by Crippen LogP contribution is 2.24. The topological polar surface area (TPSA) is 30.2 Å². The van der Waals surface area contributed by atoms with Gasteiger partial charge >= 0.3 is 0 Å². The zero-order valence-corrected chi connectivity index (χ0v) is 12.5. The van der Waals surface area contributed by atoms with E-state index >= 15 is 0 Å². The quantitative estimate of drug-likeness (QED) is 0.665. The number of nitrogens with zero attached hydrogens (tertiary/aromatic N) is 3. The van der Waals surface area contributed by atoms with Crippen LogP contribution in [-0.2, 0) is 5.41 Å². The van der Waals surface area contributed by atoms with Crippen LogP contribution in [0.3, 0.4) is 0 Å². The summed E-state index contributed by atoms with van der Waals surface area (Å²) >= 11 is 5.91. The predicted octanol–water partition coefficient (Wildman–Crippen LogP) is 4.35. The lowest BCUT2D eigenvalue weighted by atomic mass is 9.93. The van der Waals surface area contributed by atoms with Crippen LogP contribution in [0.15, 0.2) is 42.7 Å². The number of halogens is 1. The molecule has 0 atom stereocenters. The number of benzene rings is 1. The Morgan fingerprint density at radius 3 is 2.40 bits per heavy atom. The normalized spacial score (nSPS) is 12.0. The van der Waals surface area contributed by atoms with E-state index in [0.29, 0.717) is 0 Å². The zero-order valence-electron chi connectivity index (χ0n) is 11.8. The molecule has 4 heteroatoms. The molecule has 1 aromatic carbocycles. The molecule has 0 bridgehead atoms. The molecule has 0 aliphatic carbocycles. The average molecular weight is 286 g/mol. The van der Waals surface area contributed by atoms with Gasteiger partial charge in [0.1, 0.15) is 0 Å². The van der Waals surface area contributed by atoms with Gasteiger partial charge in [-0.3, -0.25) is 0 Å². The summed E-state index contributed by atoms with van der Waals surface area (Å²) in [5.74, 6) is 0. The lowest BCUT2D eigenvalue weighted by Gasteiger charge is -2.13. The van der Waals surface area contributed by atoms with Crippen LogP contribution in [0.2, 0.25) is 5.02 Å². The van der Waals surface area contributed by atoms with E-state index in [4.69, 9.17) is 11.6 Å². The van der Waals surface area contributed by atoms with Gasteiger partial charge in [0.25, 0.3) is 0 Å². The van der Waals surface area contributed by atoms with Crippen molar-refractivity contribution in [3.8, 4) is 11.1 Å². The first kappa shape index (κ1) is 13.1. The fourth-order valence-corrected chi connectivity index (χ4v) is 2.16. The van der Waals surface area contributed by atoms with E-state index in [-0.39, 0.29) is 5.41 Å². The summed E-state index contributed by atoms with van der Waals surface area (Å²) in [6, 6.07) is 9.76. The predicted molar refractivity (Wildman–Crippen MR) is 82.1 cm³/mol. The maximum Gasteiger partial charge on any atom is 0.155 e. The van der Waals surface area contributed by atoms with Crippen molar-refractivity contribution in [2.45, 2.75) is 26.2 Å². The lowest BCUT2D eigenvalue weighted by Crippen LogP contribution is -2.11. The van der Waals surface area contributed by atoms with Crippen molar-refractivity contribution in [2.75, 3.05) is 0 Å². The van der Waals surface area contributed by atoms with E-state index in [1.54, 1.807) is 0 Å². The van der Waals surface area contributed by atoms with Gasteiger partial charge in [0.05, 0.1) is 5.69 Å². The van der Waals surface area contributed by atoms with Gasteiger partial charge in [0, 0.05) is 34.5 Å². The third kappa shape index (κ3) is 2.41. The molecule has 0 saturated heterocycles. The minimum absolute atomic E-state index is 0.0220.